The minimum atomic E-state index is -0.975. The lowest BCUT2D eigenvalue weighted by molar-refractivity contribution is -0.131. The first-order chi connectivity index (χ1) is 16.1. The van der Waals surface area contributed by atoms with Crippen molar-refractivity contribution in [2.75, 3.05) is 7.11 Å². The summed E-state index contributed by atoms with van der Waals surface area (Å²) in [5.41, 5.74) is 1.89. The number of benzene rings is 3. The second-order valence-corrected chi connectivity index (χ2v) is 7.47. The second kappa shape index (κ2) is 8.58. The standard InChI is InChI=1S/C25H20N4O4/c1-32-19-14-12-16(13-15-19)20-21(26-22(30)17-8-4-2-5-9-17)24(31)29-25(27-20)33-23(28-29)18-10-6-3-7-11-18/h2-15,20-21H,1H3,(H,26,30). The molecule has 0 saturated heterocycles. The van der Waals surface area contributed by atoms with E-state index in [2.05, 4.69) is 15.4 Å². The van der Waals surface area contributed by atoms with Gasteiger partial charge in [0, 0.05) is 11.1 Å². The van der Waals surface area contributed by atoms with Gasteiger partial charge in [0.2, 0.25) is 5.90 Å². The zero-order valence-corrected chi connectivity index (χ0v) is 17.7. The first-order valence-electron chi connectivity index (χ1n) is 10.4. The van der Waals surface area contributed by atoms with Crippen LogP contribution in [-0.2, 0) is 9.53 Å². The Morgan fingerprint density at radius 2 is 1.64 bits per heavy atom. The monoisotopic (exact) mass is 440 g/mol. The molecule has 2 aliphatic rings. The van der Waals surface area contributed by atoms with Crippen molar-refractivity contribution in [1.82, 2.24) is 10.3 Å². The first kappa shape index (κ1) is 20.4. The lowest BCUT2D eigenvalue weighted by Gasteiger charge is -2.30. The van der Waals surface area contributed by atoms with Crippen LogP contribution in [0.1, 0.15) is 27.5 Å². The first-order valence-corrected chi connectivity index (χ1v) is 10.4. The maximum absolute atomic E-state index is 13.5. The molecule has 0 aliphatic carbocycles. The summed E-state index contributed by atoms with van der Waals surface area (Å²) in [6, 6.07) is 23.5. The third-order valence-electron chi connectivity index (χ3n) is 5.40. The number of rotatable bonds is 5. The summed E-state index contributed by atoms with van der Waals surface area (Å²) in [4.78, 5) is 31.0. The molecule has 33 heavy (non-hydrogen) atoms. The molecule has 2 aliphatic heterocycles. The molecule has 0 saturated carbocycles. The molecule has 2 unspecified atom stereocenters. The molecule has 0 aromatic heterocycles. The third kappa shape index (κ3) is 3.94. The molecule has 5 rings (SSSR count). The zero-order chi connectivity index (χ0) is 22.8. The summed E-state index contributed by atoms with van der Waals surface area (Å²) in [6.07, 6.45) is 0. The van der Waals surface area contributed by atoms with Crippen molar-refractivity contribution in [1.29, 1.82) is 0 Å². The predicted octanol–water partition coefficient (Wildman–Crippen LogP) is 3.13. The zero-order valence-electron chi connectivity index (χ0n) is 17.7. The highest BCUT2D eigenvalue weighted by atomic mass is 16.5. The van der Waals surface area contributed by atoms with Crippen LogP contribution in [0.2, 0.25) is 0 Å². The fraction of sp³-hybridized carbons (Fsp3) is 0.120. The van der Waals surface area contributed by atoms with Gasteiger partial charge in [-0.2, -0.15) is 0 Å². The second-order valence-electron chi connectivity index (χ2n) is 7.47. The number of amidine groups is 1. The van der Waals surface area contributed by atoms with E-state index in [4.69, 9.17) is 9.47 Å². The number of hydrogen-bond donors (Lipinski definition) is 1. The van der Waals surface area contributed by atoms with Gasteiger partial charge in [-0.15, -0.1) is 10.1 Å². The van der Waals surface area contributed by atoms with Gasteiger partial charge in [-0.05, 0) is 42.0 Å². The number of hydrogen-bond acceptors (Lipinski definition) is 6. The van der Waals surface area contributed by atoms with Crippen LogP contribution in [0, 0.1) is 0 Å². The number of fused-ring (bicyclic) bond motifs is 1. The molecule has 2 amide bonds. The summed E-state index contributed by atoms with van der Waals surface area (Å²) < 4.78 is 11.1. The number of hydrazone groups is 1. The molecule has 3 aromatic carbocycles. The molecule has 2 atom stereocenters. The van der Waals surface area contributed by atoms with Crippen LogP contribution in [0.3, 0.4) is 0 Å². The maximum atomic E-state index is 13.5. The SMILES string of the molecule is COc1ccc(C2N=C3OC(c4ccccc4)=NN3C(=O)C2NC(=O)c2ccccc2)cc1. The van der Waals surface area contributed by atoms with Crippen molar-refractivity contribution in [2.24, 2.45) is 10.1 Å². The number of carbonyl (C=O) groups is 2. The molecule has 0 radical (unpaired) electrons. The normalized spacial score (nSPS) is 19.2. The smallest absolute Gasteiger partial charge is 0.323 e. The number of nitrogens with one attached hydrogen (secondary N) is 1. The largest absolute Gasteiger partial charge is 0.497 e. The van der Waals surface area contributed by atoms with E-state index in [1.807, 2.05) is 48.5 Å². The van der Waals surface area contributed by atoms with Gasteiger partial charge in [0.15, 0.2) is 0 Å². The fourth-order valence-electron chi connectivity index (χ4n) is 3.69. The van der Waals surface area contributed by atoms with Gasteiger partial charge >= 0.3 is 6.02 Å². The Hall–Kier alpha value is -4.46. The molecule has 2 heterocycles. The third-order valence-corrected chi connectivity index (χ3v) is 5.40. The van der Waals surface area contributed by atoms with Crippen molar-refractivity contribution in [3.63, 3.8) is 0 Å². The minimum absolute atomic E-state index is 0.0740. The van der Waals surface area contributed by atoms with Crippen LogP contribution in [-0.4, -0.2) is 41.9 Å². The van der Waals surface area contributed by atoms with Crippen molar-refractivity contribution in [2.45, 2.75) is 12.1 Å². The highest BCUT2D eigenvalue weighted by Gasteiger charge is 2.45. The van der Waals surface area contributed by atoms with E-state index in [0.717, 1.165) is 10.6 Å². The molecule has 8 nitrogen and oxygen atoms in total. The van der Waals surface area contributed by atoms with Gasteiger partial charge in [-0.1, -0.05) is 48.5 Å². The van der Waals surface area contributed by atoms with E-state index in [9.17, 15) is 9.59 Å². The Kier molecular flexibility index (Phi) is 5.32. The lowest BCUT2D eigenvalue weighted by atomic mass is 9.97. The summed E-state index contributed by atoms with van der Waals surface area (Å²) in [6.45, 7) is 0. The number of amides is 2. The predicted molar refractivity (Wildman–Crippen MR) is 122 cm³/mol. The maximum Gasteiger partial charge on any atom is 0.323 e. The molecule has 3 aromatic rings. The Morgan fingerprint density at radius 1 is 0.970 bits per heavy atom. The average Bonchev–Trinajstić information content (AvgIpc) is 3.31. The molecule has 0 spiro atoms. The number of aliphatic imine (C=N–C) groups is 1. The van der Waals surface area contributed by atoms with Gasteiger partial charge in [-0.3, -0.25) is 9.59 Å². The number of methoxy groups -OCH3 is 1. The van der Waals surface area contributed by atoms with Gasteiger partial charge in [0.25, 0.3) is 11.8 Å². The van der Waals surface area contributed by atoms with E-state index in [-0.39, 0.29) is 17.8 Å². The van der Waals surface area contributed by atoms with Crippen molar-refractivity contribution in [3.8, 4) is 5.75 Å². The Labute approximate surface area is 190 Å². The van der Waals surface area contributed by atoms with Crippen LogP contribution in [0.5, 0.6) is 5.75 Å². The van der Waals surface area contributed by atoms with E-state index in [1.54, 1.807) is 43.5 Å². The van der Waals surface area contributed by atoms with E-state index < -0.39 is 18.0 Å². The Balaban J connectivity index is 1.51. The van der Waals surface area contributed by atoms with Crippen LogP contribution in [0.4, 0.5) is 0 Å². The van der Waals surface area contributed by atoms with Crippen molar-refractivity contribution >= 4 is 23.7 Å². The van der Waals surface area contributed by atoms with E-state index >= 15 is 0 Å². The van der Waals surface area contributed by atoms with Crippen LogP contribution in [0.15, 0.2) is 95.0 Å². The molecule has 0 bridgehead atoms. The lowest BCUT2D eigenvalue weighted by Crippen LogP contribution is -2.53. The quantitative estimate of drug-likeness (QED) is 0.660. The molecule has 1 N–H and O–H groups in total. The van der Waals surface area contributed by atoms with Crippen molar-refractivity contribution in [3.05, 3.63) is 102 Å². The fourth-order valence-corrected chi connectivity index (χ4v) is 3.69. The molecular weight excluding hydrogens is 420 g/mol. The average molecular weight is 440 g/mol. The van der Waals surface area contributed by atoms with E-state index in [1.165, 1.54) is 0 Å². The van der Waals surface area contributed by atoms with Gasteiger partial charge < -0.3 is 14.8 Å². The summed E-state index contributed by atoms with van der Waals surface area (Å²) in [5.74, 6) is 0.132. The molecule has 164 valence electrons. The summed E-state index contributed by atoms with van der Waals surface area (Å²) in [5, 5.41) is 8.27. The van der Waals surface area contributed by atoms with Crippen LogP contribution >= 0.6 is 0 Å². The number of ether oxygens (including phenoxy) is 2. The highest BCUT2D eigenvalue weighted by Crippen LogP contribution is 2.31. The van der Waals surface area contributed by atoms with Crippen molar-refractivity contribution < 1.29 is 19.1 Å². The molecule has 8 heteroatoms. The molecule has 0 fully saturated rings. The molecular formula is C25H20N4O4. The Morgan fingerprint density at radius 3 is 2.30 bits per heavy atom. The minimum Gasteiger partial charge on any atom is -0.497 e. The van der Waals surface area contributed by atoms with Gasteiger partial charge in [0.05, 0.1) is 7.11 Å². The van der Waals surface area contributed by atoms with Crippen LogP contribution < -0.4 is 10.1 Å². The summed E-state index contributed by atoms with van der Waals surface area (Å²) in [7, 11) is 1.58. The van der Waals surface area contributed by atoms with Gasteiger partial charge in [-0.25, -0.2) is 4.99 Å². The highest BCUT2D eigenvalue weighted by molar-refractivity contribution is 6.12. The topological polar surface area (TPSA) is 92.6 Å². The summed E-state index contributed by atoms with van der Waals surface area (Å²) >= 11 is 0. The number of carbonyl (C=O) groups excluding carboxylic acids is 2. The van der Waals surface area contributed by atoms with Crippen LogP contribution in [0.25, 0.3) is 0 Å². The Bertz CT molecular complexity index is 1240. The van der Waals surface area contributed by atoms with Gasteiger partial charge in [0.1, 0.15) is 17.8 Å². The number of nitrogens with zero attached hydrogens (tertiary/aromatic N) is 3. The van der Waals surface area contributed by atoms with E-state index in [0.29, 0.717) is 16.9 Å².